The zero-order chi connectivity index (χ0) is 13.4. The van der Waals surface area contributed by atoms with Gasteiger partial charge in [-0.1, -0.05) is 11.6 Å². The van der Waals surface area contributed by atoms with Gasteiger partial charge < -0.3 is 10.2 Å². The van der Waals surface area contributed by atoms with Crippen molar-refractivity contribution >= 4 is 34.2 Å². The summed E-state index contributed by atoms with van der Waals surface area (Å²) in [7, 11) is 0. The van der Waals surface area contributed by atoms with Crippen LogP contribution in [0.15, 0.2) is 24.5 Å². The summed E-state index contributed by atoms with van der Waals surface area (Å²) >= 11 is 5.97. The van der Waals surface area contributed by atoms with Crippen molar-refractivity contribution in [1.82, 2.24) is 15.3 Å². The average Bonchev–Trinajstić information content (AvgIpc) is 2.36. The molecule has 1 saturated heterocycles. The summed E-state index contributed by atoms with van der Waals surface area (Å²) in [6.45, 7) is 3.03. The highest BCUT2D eigenvalue weighted by molar-refractivity contribution is 6.31. The predicted octanol–water partition coefficient (Wildman–Crippen LogP) is 1.61. The number of rotatable bonds is 1. The molecule has 1 aliphatic rings. The van der Waals surface area contributed by atoms with E-state index in [0.29, 0.717) is 11.6 Å². The smallest absolute Gasteiger partial charge is 0.239 e. The molecule has 3 rings (SSSR count). The van der Waals surface area contributed by atoms with Gasteiger partial charge in [0.05, 0.1) is 12.1 Å². The van der Waals surface area contributed by atoms with Gasteiger partial charge in [-0.05, 0) is 25.1 Å². The van der Waals surface area contributed by atoms with E-state index in [0.717, 1.165) is 23.3 Å². The number of hydrogen-bond acceptors (Lipinski definition) is 4. The van der Waals surface area contributed by atoms with Crippen LogP contribution < -0.4 is 10.2 Å². The fraction of sp³-hybridized carbons (Fsp3) is 0.308. The monoisotopic (exact) mass is 276 g/mol. The number of halogens is 1. The number of nitrogens with zero attached hydrogens (tertiary/aromatic N) is 3. The maximum Gasteiger partial charge on any atom is 0.239 e. The van der Waals surface area contributed by atoms with Crippen LogP contribution in [-0.4, -0.2) is 35.0 Å². The van der Waals surface area contributed by atoms with Crippen LogP contribution in [0.1, 0.15) is 6.92 Å². The third-order valence-corrected chi connectivity index (χ3v) is 3.35. The standard InChI is InChI=1S/C13H13ClN4O/c1-8-5-18(6-12(19)17-8)13-10-3-2-9(14)4-11(10)15-7-16-13/h2-4,7-8H,5-6H2,1H3,(H,17,19). The number of nitrogens with one attached hydrogen (secondary N) is 1. The van der Waals surface area contributed by atoms with Gasteiger partial charge in [0.25, 0.3) is 0 Å². The Bertz CT molecular complexity index is 646. The Morgan fingerprint density at radius 3 is 3.05 bits per heavy atom. The summed E-state index contributed by atoms with van der Waals surface area (Å²) in [5.74, 6) is 0.794. The average molecular weight is 277 g/mol. The van der Waals surface area contributed by atoms with Gasteiger partial charge in [0.1, 0.15) is 12.1 Å². The van der Waals surface area contributed by atoms with Crippen LogP contribution in [0, 0.1) is 0 Å². The maximum atomic E-state index is 11.6. The number of carbonyl (C=O) groups is 1. The van der Waals surface area contributed by atoms with Gasteiger partial charge in [0.2, 0.25) is 5.91 Å². The molecule has 1 amide bonds. The zero-order valence-corrected chi connectivity index (χ0v) is 11.2. The lowest BCUT2D eigenvalue weighted by atomic mass is 10.2. The number of hydrogen-bond donors (Lipinski definition) is 1. The van der Waals surface area contributed by atoms with Gasteiger partial charge in [-0.25, -0.2) is 9.97 Å². The van der Waals surface area contributed by atoms with Crippen LogP contribution in [0.25, 0.3) is 10.9 Å². The fourth-order valence-electron chi connectivity index (χ4n) is 2.36. The van der Waals surface area contributed by atoms with Gasteiger partial charge >= 0.3 is 0 Å². The molecule has 1 unspecified atom stereocenters. The normalized spacial score (nSPS) is 19.6. The third-order valence-electron chi connectivity index (χ3n) is 3.11. The molecular weight excluding hydrogens is 264 g/mol. The van der Waals surface area contributed by atoms with E-state index in [4.69, 9.17) is 11.6 Å². The molecule has 1 aliphatic heterocycles. The van der Waals surface area contributed by atoms with Crippen LogP contribution in [0.3, 0.4) is 0 Å². The number of fused-ring (bicyclic) bond motifs is 1. The summed E-state index contributed by atoms with van der Waals surface area (Å²) in [5, 5.41) is 4.44. The second-order valence-corrected chi connectivity index (χ2v) is 5.14. The quantitative estimate of drug-likeness (QED) is 0.860. The van der Waals surface area contributed by atoms with Gasteiger partial charge in [-0.3, -0.25) is 4.79 Å². The van der Waals surface area contributed by atoms with E-state index in [1.165, 1.54) is 6.33 Å². The summed E-state index contributed by atoms with van der Waals surface area (Å²) in [5.41, 5.74) is 0.788. The molecule has 1 atom stereocenters. The van der Waals surface area contributed by atoms with Crippen LogP contribution in [0.4, 0.5) is 5.82 Å². The summed E-state index contributed by atoms with van der Waals surface area (Å²) in [4.78, 5) is 22.1. The SMILES string of the molecule is CC1CN(c2ncnc3cc(Cl)ccc23)CC(=O)N1. The van der Waals surface area contributed by atoms with Crippen molar-refractivity contribution in [1.29, 1.82) is 0 Å². The molecule has 2 heterocycles. The zero-order valence-electron chi connectivity index (χ0n) is 10.4. The molecule has 0 radical (unpaired) electrons. The number of piperazine rings is 1. The first-order valence-electron chi connectivity index (χ1n) is 6.08. The lowest BCUT2D eigenvalue weighted by Gasteiger charge is -2.32. The minimum Gasteiger partial charge on any atom is -0.350 e. The molecule has 1 aromatic carbocycles. The first-order chi connectivity index (χ1) is 9.13. The topological polar surface area (TPSA) is 58.1 Å². The van der Waals surface area contributed by atoms with Crippen LogP contribution in [0.5, 0.6) is 0 Å². The molecule has 1 aromatic heterocycles. The molecular formula is C13H13ClN4O. The van der Waals surface area contributed by atoms with Crippen molar-refractivity contribution in [2.45, 2.75) is 13.0 Å². The Labute approximate surface area is 115 Å². The van der Waals surface area contributed by atoms with Crippen LogP contribution in [0.2, 0.25) is 5.02 Å². The number of carbonyl (C=O) groups excluding carboxylic acids is 1. The molecule has 6 heteroatoms. The molecule has 2 aromatic rings. The minimum atomic E-state index is 0.0134. The van der Waals surface area contributed by atoms with Gasteiger partial charge in [-0.2, -0.15) is 0 Å². The number of amides is 1. The molecule has 1 N–H and O–H groups in total. The molecule has 0 aliphatic carbocycles. The predicted molar refractivity (Wildman–Crippen MR) is 74.4 cm³/mol. The molecule has 0 spiro atoms. The van der Waals surface area contributed by atoms with Gasteiger partial charge in [-0.15, -0.1) is 0 Å². The Kier molecular flexibility index (Phi) is 2.98. The van der Waals surface area contributed by atoms with Crippen LogP contribution in [-0.2, 0) is 4.79 Å². The Hall–Kier alpha value is -1.88. The summed E-state index contributed by atoms with van der Waals surface area (Å²) < 4.78 is 0. The second-order valence-electron chi connectivity index (χ2n) is 4.71. The lowest BCUT2D eigenvalue weighted by Crippen LogP contribution is -2.53. The minimum absolute atomic E-state index is 0.0134. The van der Waals surface area contributed by atoms with E-state index in [1.54, 1.807) is 6.07 Å². The van der Waals surface area contributed by atoms with E-state index < -0.39 is 0 Å². The fourth-order valence-corrected chi connectivity index (χ4v) is 2.53. The highest BCUT2D eigenvalue weighted by atomic mass is 35.5. The lowest BCUT2D eigenvalue weighted by molar-refractivity contribution is -0.121. The van der Waals surface area contributed by atoms with Crippen molar-refractivity contribution in [2.75, 3.05) is 18.0 Å². The number of aromatic nitrogens is 2. The van der Waals surface area contributed by atoms with Crippen molar-refractivity contribution in [3.63, 3.8) is 0 Å². The second kappa shape index (κ2) is 4.66. The van der Waals surface area contributed by atoms with E-state index in [2.05, 4.69) is 15.3 Å². The first kappa shape index (κ1) is 12.2. The van der Waals surface area contributed by atoms with Crippen LogP contribution >= 0.6 is 11.6 Å². The molecule has 5 nitrogen and oxygen atoms in total. The van der Waals surface area contributed by atoms with E-state index in [1.807, 2.05) is 24.0 Å². The number of benzene rings is 1. The van der Waals surface area contributed by atoms with E-state index >= 15 is 0 Å². The van der Waals surface area contributed by atoms with Crippen molar-refractivity contribution in [3.05, 3.63) is 29.5 Å². The largest absolute Gasteiger partial charge is 0.350 e. The molecule has 19 heavy (non-hydrogen) atoms. The Morgan fingerprint density at radius 2 is 2.26 bits per heavy atom. The molecule has 98 valence electrons. The van der Waals surface area contributed by atoms with Crippen molar-refractivity contribution < 1.29 is 4.79 Å². The molecule has 0 saturated carbocycles. The van der Waals surface area contributed by atoms with Gasteiger partial charge in [0.15, 0.2) is 0 Å². The highest BCUT2D eigenvalue weighted by Gasteiger charge is 2.23. The first-order valence-corrected chi connectivity index (χ1v) is 6.46. The maximum absolute atomic E-state index is 11.6. The summed E-state index contributed by atoms with van der Waals surface area (Å²) in [6, 6.07) is 5.61. The third kappa shape index (κ3) is 2.33. The Balaban J connectivity index is 2.07. The molecule has 1 fully saturated rings. The van der Waals surface area contributed by atoms with Gasteiger partial charge in [0, 0.05) is 23.0 Å². The van der Waals surface area contributed by atoms with Crippen molar-refractivity contribution in [3.8, 4) is 0 Å². The van der Waals surface area contributed by atoms with E-state index in [-0.39, 0.29) is 11.9 Å². The summed E-state index contributed by atoms with van der Waals surface area (Å²) in [6.07, 6.45) is 1.51. The molecule has 0 bridgehead atoms. The van der Waals surface area contributed by atoms with E-state index in [9.17, 15) is 4.79 Å². The number of anilines is 1. The van der Waals surface area contributed by atoms with Crippen molar-refractivity contribution in [2.24, 2.45) is 0 Å². The highest BCUT2D eigenvalue weighted by Crippen LogP contribution is 2.26. The Morgan fingerprint density at radius 1 is 1.42 bits per heavy atom.